The first-order chi connectivity index (χ1) is 15.5. The lowest BCUT2D eigenvalue weighted by atomic mass is 9.86. The topological polar surface area (TPSA) is 49.4 Å². The number of rotatable bonds is 10. The maximum Gasteiger partial charge on any atom is 0.243 e. The molecule has 4 heteroatoms. The first-order valence-electron chi connectivity index (χ1n) is 12.3. The summed E-state index contributed by atoms with van der Waals surface area (Å²) in [6.07, 6.45) is 2.49. The average molecular weight is 451 g/mol. The summed E-state index contributed by atoms with van der Waals surface area (Å²) in [5.41, 5.74) is 4.75. The number of carbonyl (C=O) groups excluding carboxylic acids is 2. The minimum absolute atomic E-state index is 0.0154. The van der Waals surface area contributed by atoms with Crippen LogP contribution in [-0.2, 0) is 28.0 Å². The van der Waals surface area contributed by atoms with E-state index in [1.54, 1.807) is 4.90 Å². The van der Waals surface area contributed by atoms with Gasteiger partial charge in [-0.3, -0.25) is 9.59 Å². The van der Waals surface area contributed by atoms with Gasteiger partial charge < -0.3 is 10.2 Å². The zero-order chi connectivity index (χ0) is 24.6. The molecule has 4 nitrogen and oxygen atoms in total. The van der Waals surface area contributed by atoms with E-state index >= 15 is 0 Å². The largest absolute Gasteiger partial charge is 0.352 e. The van der Waals surface area contributed by atoms with E-state index in [1.807, 2.05) is 39.8 Å². The smallest absolute Gasteiger partial charge is 0.243 e. The molecule has 0 bridgehead atoms. The molecular formula is C29H42N2O2. The van der Waals surface area contributed by atoms with Crippen LogP contribution >= 0.6 is 0 Å². The van der Waals surface area contributed by atoms with Gasteiger partial charge in [-0.1, -0.05) is 88.7 Å². The van der Waals surface area contributed by atoms with E-state index in [1.165, 1.54) is 11.1 Å². The van der Waals surface area contributed by atoms with Crippen LogP contribution in [0.2, 0.25) is 0 Å². The van der Waals surface area contributed by atoms with Crippen LogP contribution in [0.1, 0.15) is 83.1 Å². The molecule has 2 amide bonds. The van der Waals surface area contributed by atoms with E-state index in [0.29, 0.717) is 25.8 Å². The van der Waals surface area contributed by atoms with Gasteiger partial charge >= 0.3 is 0 Å². The van der Waals surface area contributed by atoms with Crippen LogP contribution in [0.15, 0.2) is 48.5 Å². The molecular weight excluding hydrogens is 408 g/mol. The van der Waals surface area contributed by atoms with Crippen LogP contribution in [-0.4, -0.2) is 28.8 Å². The van der Waals surface area contributed by atoms with Crippen molar-refractivity contribution in [3.63, 3.8) is 0 Å². The Bertz CT molecular complexity index is 895. The second-order valence-electron chi connectivity index (χ2n) is 10.2. The predicted octanol–water partition coefficient (Wildman–Crippen LogP) is 5.95. The van der Waals surface area contributed by atoms with Crippen LogP contribution in [0.5, 0.6) is 0 Å². The van der Waals surface area contributed by atoms with Gasteiger partial charge in [-0.2, -0.15) is 0 Å². The second-order valence-corrected chi connectivity index (χ2v) is 10.2. The number of aryl methyl sites for hydroxylation is 2. The first kappa shape index (κ1) is 26.6. The van der Waals surface area contributed by atoms with Gasteiger partial charge in [0, 0.05) is 19.0 Å². The fourth-order valence-corrected chi connectivity index (χ4v) is 3.82. The third kappa shape index (κ3) is 8.03. The lowest BCUT2D eigenvalue weighted by molar-refractivity contribution is -0.141. The normalized spacial score (nSPS) is 13.3. The van der Waals surface area contributed by atoms with Gasteiger partial charge in [0.2, 0.25) is 11.8 Å². The summed E-state index contributed by atoms with van der Waals surface area (Å²) in [4.78, 5) is 28.2. The Labute approximate surface area is 200 Å². The molecule has 0 fully saturated rings. The number of nitrogens with one attached hydrogen (secondary N) is 1. The summed E-state index contributed by atoms with van der Waals surface area (Å²) in [5, 5.41) is 3.07. The van der Waals surface area contributed by atoms with E-state index in [2.05, 4.69) is 62.5 Å². The Balaban J connectivity index is 2.19. The molecule has 0 heterocycles. The fraction of sp³-hybridized carbons (Fsp3) is 0.517. The summed E-state index contributed by atoms with van der Waals surface area (Å²) in [7, 11) is 0. The summed E-state index contributed by atoms with van der Waals surface area (Å²) in [6.45, 7) is 15.1. The van der Waals surface area contributed by atoms with Crippen LogP contribution in [0.4, 0.5) is 0 Å². The van der Waals surface area contributed by atoms with Gasteiger partial charge in [0.15, 0.2) is 0 Å². The zero-order valence-corrected chi connectivity index (χ0v) is 21.6. The van der Waals surface area contributed by atoms with Crippen molar-refractivity contribution in [1.29, 1.82) is 0 Å². The van der Waals surface area contributed by atoms with E-state index in [0.717, 1.165) is 17.5 Å². The van der Waals surface area contributed by atoms with Crippen molar-refractivity contribution in [3.8, 4) is 0 Å². The van der Waals surface area contributed by atoms with Crippen molar-refractivity contribution in [1.82, 2.24) is 10.2 Å². The molecule has 1 N–H and O–H groups in total. The van der Waals surface area contributed by atoms with E-state index in [4.69, 9.17) is 0 Å². The highest BCUT2D eigenvalue weighted by Gasteiger charge is 2.29. The van der Waals surface area contributed by atoms with Gasteiger partial charge in [-0.15, -0.1) is 0 Å². The lowest BCUT2D eigenvalue weighted by Gasteiger charge is -2.31. The Morgan fingerprint density at radius 3 is 2.00 bits per heavy atom. The molecule has 33 heavy (non-hydrogen) atoms. The van der Waals surface area contributed by atoms with Crippen molar-refractivity contribution in [2.45, 2.75) is 98.2 Å². The van der Waals surface area contributed by atoms with Crippen molar-refractivity contribution in [3.05, 3.63) is 70.8 Å². The van der Waals surface area contributed by atoms with Crippen molar-refractivity contribution >= 4 is 11.8 Å². The molecule has 0 aromatic heterocycles. The van der Waals surface area contributed by atoms with Gasteiger partial charge in [0.1, 0.15) is 6.04 Å². The molecule has 2 aromatic rings. The molecule has 2 atom stereocenters. The van der Waals surface area contributed by atoms with Crippen LogP contribution < -0.4 is 5.32 Å². The third-order valence-electron chi connectivity index (χ3n) is 6.31. The quantitative estimate of drug-likeness (QED) is 0.486. The first-order valence-corrected chi connectivity index (χ1v) is 12.3. The Morgan fingerprint density at radius 1 is 0.909 bits per heavy atom. The number of hydrogen-bond donors (Lipinski definition) is 1. The molecule has 0 radical (unpaired) electrons. The van der Waals surface area contributed by atoms with Crippen LogP contribution in [0, 0.1) is 6.92 Å². The maximum atomic E-state index is 13.4. The molecule has 0 saturated carbocycles. The highest BCUT2D eigenvalue weighted by molar-refractivity contribution is 5.87. The summed E-state index contributed by atoms with van der Waals surface area (Å²) >= 11 is 0. The molecule has 0 aliphatic heterocycles. The molecule has 180 valence electrons. The Kier molecular flexibility index (Phi) is 9.70. The number of nitrogens with zero attached hydrogens (tertiary/aromatic N) is 1. The van der Waals surface area contributed by atoms with E-state index in [9.17, 15) is 9.59 Å². The predicted molar refractivity (Wildman–Crippen MR) is 137 cm³/mol. The average Bonchev–Trinajstić information content (AvgIpc) is 2.78. The zero-order valence-electron chi connectivity index (χ0n) is 21.6. The summed E-state index contributed by atoms with van der Waals surface area (Å²) in [5.74, 6) is -0.0523. The molecule has 2 aromatic carbocycles. The van der Waals surface area contributed by atoms with E-state index < -0.39 is 6.04 Å². The maximum absolute atomic E-state index is 13.4. The number of amides is 2. The minimum atomic E-state index is -0.476. The molecule has 2 unspecified atom stereocenters. The Morgan fingerprint density at radius 2 is 1.48 bits per heavy atom. The van der Waals surface area contributed by atoms with Crippen molar-refractivity contribution in [2.24, 2.45) is 0 Å². The third-order valence-corrected chi connectivity index (χ3v) is 6.31. The molecule has 0 spiro atoms. The number of carbonyl (C=O) groups is 2. The van der Waals surface area contributed by atoms with Gasteiger partial charge in [-0.05, 0) is 55.2 Å². The van der Waals surface area contributed by atoms with Crippen molar-refractivity contribution in [2.75, 3.05) is 0 Å². The molecule has 0 saturated heterocycles. The van der Waals surface area contributed by atoms with Gasteiger partial charge in [0.25, 0.3) is 0 Å². The minimum Gasteiger partial charge on any atom is -0.352 e. The van der Waals surface area contributed by atoms with Crippen LogP contribution in [0.25, 0.3) is 0 Å². The lowest BCUT2D eigenvalue weighted by Crippen LogP contribution is -2.50. The van der Waals surface area contributed by atoms with Crippen LogP contribution in [0.3, 0.4) is 0 Å². The van der Waals surface area contributed by atoms with E-state index in [-0.39, 0.29) is 23.3 Å². The fourth-order valence-electron chi connectivity index (χ4n) is 3.82. The highest BCUT2D eigenvalue weighted by atomic mass is 16.2. The van der Waals surface area contributed by atoms with Gasteiger partial charge in [0.05, 0.1) is 0 Å². The summed E-state index contributed by atoms with van der Waals surface area (Å²) in [6, 6.07) is 16.3. The SMILES string of the molecule is CCC(C)NC(=O)C(CC)N(Cc1ccc(C)cc1)C(=O)CCc1ccc(C(C)(C)C)cc1. The van der Waals surface area contributed by atoms with Crippen molar-refractivity contribution < 1.29 is 9.59 Å². The monoisotopic (exact) mass is 450 g/mol. The number of hydrogen-bond acceptors (Lipinski definition) is 2. The molecule has 0 aliphatic carbocycles. The molecule has 0 aliphatic rings. The van der Waals surface area contributed by atoms with Gasteiger partial charge in [-0.25, -0.2) is 0 Å². The molecule has 2 rings (SSSR count). The highest BCUT2D eigenvalue weighted by Crippen LogP contribution is 2.23. The Hall–Kier alpha value is -2.62. The standard InChI is InChI=1S/C29H42N2O2/c1-8-22(4)30-28(33)26(9-2)31(20-24-12-10-21(3)11-13-24)27(32)19-16-23-14-17-25(18-15-23)29(5,6)7/h10-15,17-18,22,26H,8-9,16,19-20H2,1-7H3,(H,30,33). The number of benzene rings is 2. The summed E-state index contributed by atoms with van der Waals surface area (Å²) < 4.78 is 0. The second kappa shape index (κ2) is 12.0.